The van der Waals surface area contributed by atoms with Crippen LogP contribution in [0.4, 0.5) is 0 Å². The number of aromatic nitrogens is 1. The molecule has 63 heavy (non-hydrogen) atoms. The van der Waals surface area contributed by atoms with Crippen molar-refractivity contribution < 1.29 is 32.0 Å². The van der Waals surface area contributed by atoms with Gasteiger partial charge < -0.3 is 35.1 Å². The molecule has 0 spiro atoms. The van der Waals surface area contributed by atoms with Crippen molar-refractivity contribution in [2.45, 2.75) is 44.6 Å². The van der Waals surface area contributed by atoms with E-state index in [1.807, 2.05) is 50.2 Å². The number of nitriles is 1. The van der Waals surface area contributed by atoms with E-state index >= 15 is 0 Å². The normalized spacial score (nSPS) is 13.8. The van der Waals surface area contributed by atoms with Crippen molar-refractivity contribution in [2.75, 3.05) is 66.0 Å². The Hall–Kier alpha value is -5.26. The number of nitrogens with zero attached hydrogens (tertiary/aromatic N) is 5. The fourth-order valence-corrected chi connectivity index (χ4v) is 7.45. The highest BCUT2D eigenvalue weighted by molar-refractivity contribution is 8.01. The topological polar surface area (TPSA) is 215 Å². The van der Waals surface area contributed by atoms with Gasteiger partial charge in [-0.25, -0.2) is 5.53 Å². The first-order valence-electron chi connectivity index (χ1n) is 20.3. The first-order valence-corrected chi connectivity index (χ1v) is 22.7. The van der Waals surface area contributed by atoms with Crippen LogP contribution in [0.3, 0.4) is 0 Å². The van der Waals surface area contributed by atoms with E-state index in [0.717, 1.165) is 73.5 Å². The summed E-state index contributed by atoms with van der Waals surface area (Å²) in [5.41, 5.74) is 14.7. The van der Waals surface area contributed by atoms with Crippen molar-refractivity contribution in [3.63, 3.8) is 0 Å². The summed E-state index contributed by atoms with van der Waals surface area (Å²) in [4.78, 5) is 20.8. The number of benzene rings is 3. The fourth-order valence-electron chi connectivity index (χ4n) is 6.82. The minimum Gasteiger partial charge on any atom is -0.488 e. The van der Waals surface area contributed by atoms with E-state index in [9.17, 15) is 18.5 Å². The molecular formula is C44H54ClN9O7S2. The maximum Gasteiger partial charge on any atom is 0.278 e. The molecule has 1 aliphatic rings. The largest absolute Gasteiger partial charge is 0.488 e. The van der Waals surface area contributed by atoms with Gasteiger partial charge >= 0.3 is 0 Å². The number of carbonyl (C=O) groups excluding carboxylic acids is 1. The molecule has 1 saturated heterocycles. The predicted octanol–water partition coefficient (Wildman–Crippen LogP) is 5.88. The van der Waals surface area contributed by atoms with E-state index in [2.05, 4.69) is 49.6 Å². The molecule has 336 valence electrons. The molecule has 0 aliphatic carbocycles. The fraction of sp³-hybridized carbons (Fsp3) is 0.386. The molecule has 0 saturated carbocycles. The Morgan fingerprint density at radius 2 is 1.79 bits per heavy atom. The Labute approximate surface area is 379 Å². The minimum absolute atomic E-state index is 0.0761. The number of rotatable bonds is 23. The van der Waals surface area contributed by atoms with Crippen molar-refractivity contribution in [1.29, 1.82) is 10.8 Å². The van der Waals surface area contributed by atoms with Gasteiger partial charge in [0.1, 0.15) is 53.4 Å². The lowest BCUT2D eigenvalue weighted by Gasteiger charge is -2.26. The Kier molecular flexibility index (Phi) is 18.6. The van der Waals surface area contributed by atoms with E-state index in [4.69, 9.17) is 35.9 Å². The lowest BCUT2D eigenvalue weighted by Crippen LogP contribution is -2.44. The van der Waals surface area contributed by atoms with Crippen LogP contribution in [0, 0.1) is 30.7 Å². The number of thiol groups is 1. The van der Waals surface area contributed by atoms with Crippen LogP contribution in [-0.2, 0) is 34.7 Å². The molecule has 1 unspecified atom stereocenters. The highest BCUT2D eigenvalue weighted by atomic mass is 35.5. The molecule has 5 rings (SSSR count). The van der Waals surface area contributed by atoms with Crippen molar-refractivity contribution in [3.8, 4) is 34.4 Å². The molecule has 0 radical (unpaired) electrons. The van der Waals surface area contributed by atoms with Crippen LogP contribution in [0.2, 0.25) is 5.02 Å². The zero-order valence-corrected chi connectivity index (χ0v) is 38.0. The Morgan fingerprint density at radius 1 is 1.06 bits per heavy atom. The second kappa shape index (κ2) is 24.0. The third-order valence-corrected chi connectivity index (χ3v) is 12.4. The standard InChI is InChI=1S/C44H54ClN9O7S2/c1-30-34(7-4-8-37(30)38-9-5-10-40(31(38)2)61-29-36(52-47)23-49-11-6-14-54-15-12-48-13-16-54)28-60-42-19-41(59-27-33-17-32(20-46)21-50-22-33)35(18-39(42)45)25-53(3)26-43(55)51-24-44(62)63(56,57)58/h4-5,7-10,17-19,21-23,44,47-49,62H,6,11-16,24-29H2,1-3H3,(H,51,55)(H,56,57,58)/b36-23-,52-47?. The van der Waals surface area contributed by atoms with E-state index < -0.39 is 20.6 Å². The van der Waals surface area contributed by atoms with E-state index in [1.165, 1.54) is 6.20 Å². The van der Waals surface area contributed by atoms with E-state index in [-0.39, 0.29) is 39.5 Å². The van der Waals surface area contributed by atoms with Crippen LogP contribution < -0.4 is 30.2 Å². The molecular weight excluding hydrogens is 866 g/mol. The van der Waals surface area contributed by atoms with E-state index in [1.54, 1.807) is 42.5 Å². The van der Waals surface area contributed by atoms with Crippen LogP contribution >= 0.6 is 24.2 Å². The summed E-state index contributed by atoms with van der Waals surface area (Å²) >= 11 is 10.6. The Morgan fingerprint density at radius 3 is 2.52 bits per heavy atom. The molecule has 4 aromatic rings. The third-order valence-electron chi connectivity index (χ3n) is 10.3. The predicted molar refractivity (Wildman–Crippen MR) is 245 cm³/mol. The maximum atomic E-state index is 12.6. The Balaban J connectivity index is 1.26. The van der Waals surface area contributed by atoms with Crippen molar-refractivity contribution in [1.82, 2.24) is 30.7 Å². The first kappa shape index (κ1) is 48.8. The van der Waals surface area contributed by atoms with Gasteiger partial charge in [-0.1, -0.05) is 41.9 Å². The zero-order chi connectivity index (χ0) is 45.4. The number of pyridine rings is 1. The Bertz CT molecular complexity index is 2390. The van der Waals surface area contributed by atoms with Gasteiger partial charge in [0, 0.05) is 81.6 Å². The van der Waals surface area contributed by atoms with Gasteiger partial charge in [-0.15, -0.1) is 0 Å². The molecule has 1 atom stereocenters. The smallest absolute Gasteiger partial charge is 0.278 e. The number of ether oxygens (including phenoxy) is 3. The highest BCUT2D eigenvalue weighted by Crippen LogP contribution is 2.37. The number of likely N-dealkylation sites (N-methyl/N-ethyl adjacent to an activating group) is 1. The van der Waals surface area contributed by atoms with Crippen LogP contribution in [0.15, 0.2) is 84.0 Å². The van der Waals surface area contributed by atoms with Gasteiger partial charge in [0.25, 0.3) is 10.1 Å². The molecule has 19 heteroatoms. The molecule has 1 fully saturated rings. The highest BCUT2D eigenvalue weighted by Gasteiger charge is 2.21. The second-order valence-electron chi connectivity index (χ2n) is 15.1. The summed E-state index contributed by atoms with van der Waals surface area (Å²) in [5.74, 6) is 0.980. The average Bonchev–Trinajstić information content (AvgIpc) is 3.26. The molecule has 16 nitrogen and oxygen atoms in total. The van der Waals surface area contributed by atoms with Gasteiger partial charge in [0.15, 0.2) is 0 Å². The molecule has 1 amide bonds. The number of piperazine rings is 1. The third kappa shape index (κ3) is 14.9. The SMILES string of the molecule is Cc1c(COc2cc(OCc3cncc(C#N)c3)c(CN(C)CC(=O)NCC(S)S(=O)(=O)O)cc2Cl)cccc1-c1cccc(OC/C(=C/NCCCN2CCNCC2)N=N)c1C. The number of carbonyl (C=O) groups is 1. The second-order valence-corrected chi connectivity index (χ2v) is 18.0. The summed E-state index contributed by atoms with van der Waals surface area (Å²) in [6.45, 7) is 10.1. The van der Waals surface area contributed by atoms with Crippen LogP contribution in [0.1, 0.15) is 39.8 Å². The quantitative estimate of drug-likeness (QED) is 0.0222. The minimum atomic E-state index is -4.43. The molecule has 1 aliphatic heterocycles. The molecule has 1 aromatic heterocycles. The number of hydrogen-bond acceptors (Lipinski definition) is 15. The molecule has 2 heterocycles. The van der Waals surface area contributed by atoms with Crippen molar-refractivity contribution in [3.05, 3.63) is 117 Å². The number of nitrogens with one attached hydrogen (secondary N) is 4. The van der Waals surface area contributed by atoms with Crippen molar-refractivity contribution in [2.24, 2.45) is 5.11 Å². The van der Waals surface area contributed by atoms with Crippen molar-refractivity contribution >= 4 is 40.3 Å². The van der Waals surface area contributed by atoms with Crippen LogP contribution in [0.5, 0.6) is 17.2 Å². The summed E-state index contributed by atoms with van der Waals surface area (Å²) in [6.07, 6.45) is 5.80. The van der Waals surface area contributed by atoms with Crippen LogP contribution in [0.25, 0.3) is 11.1 Å². The summed E-state index contributed by atoms with van der Waals surface area (Å²) < 4.78 is 49.1. The number of amides is 1. The lowest BCUT2D eigenvalue weighted by molar-refractivity contribution is -0.121. The van der Waals surface area contributed by atoms with Gasteiger partial charge in [-0.3, -0.25) is 19.2 Å². The summed E-state index contributed by atoms with van der Waals surface area (Å²) in [6, 6.07) is 19.0. The maximum absolute atomic E-state index is 12.6. The van der Waals surface area contributed by atoms with Gasteiger partial charge in [-0.05, 0) is 79.9 Å². The summed E-state index contributed by atoms with van der Waals surface area (Å²) in [7, 11) is -2.73. The van der Waals surface area contributed by atoms with Crippen LogP contribution in [-0.4, -0.2) is 104 Å². The average molecular weight is 921 g/mol. The lowest BCUT2D eigenvalue weighted by atomic mass is 9.93. The molecule has 3 aromatic carbocycles. The van der Waals surface area contributed by atoms with Gasteiger partial charge in [0.2, 0.25) is 5.91 Å². The molecule has 0 bridgehead atoms. The number of halogens is 1. The zero-order valence-electron chi connectivity index (χ0n) is 35.6. The number of hydrogen-bond donors (Lipinski definition) is 6. The monoisotopic (exact) mass is 919 g/mol. The van der Waals surface area contributed by atoms with Gasteiger partial charge in [0.05, 0.1) is 17.1 Å². The summed E-state index contributed by atoms with van der Waals surface area (Å²) in [5, 5.41) is 22.5. The van der Waals surface area contributed by atoms with E-state index in [0.29, 0.717) is 44.7 Å². The molecule has 5 N–H and O–H groups in total. The first-order chi connectivity index (χ1) is 30.2. The van der Waals surface area contributed by atoms with Gasteiger partial charge in [-0.2, -0.15) is 31.4 Å².